The quantitative estimate of drug-likeness (QED) is 0.310. The molecule has 1 aliphatic heterocycles. The Kier molecular flexibility index (Phi) is 7.39. The van der Waals surface area contributed by atoms with Gasteiger partial charge in [-0.2, -0.15) is 5.10 Å². The third-order valence-corrected chi connectivity index (χ3v) is 6.31. The average molecular weight is 611 g/mol. The number of hydrogen-bond donors (Lipinski definition) is 1. The molecular weight excluding hydrogens is 578 g/mol. The molecule has 0 unspecified atom stereocenters. The number of amides is 2. The number of furan rings is 1. The monoisotopic (exact) mass is 610 g/mol. The predicted molar refractivity (Wildman–Crippen MR) is 157 cm³/mol. The number of halogens is 2. The molecule has 13 heteroatoms. The van der Waals surface area contributed by atoms with Crippen LogP contribution in [0.2, 0.25) is 0 Å². The second-order valence-corrected chi connectivity index (χ2v) is 12.4. The lowest BCUT2D eigenvalue weighted by Crippen LogP contribution is -2.40. The van der Waals surface area contributed by atoms with Gasteiger partial charge in [-0.25, -0.2) is 4.68 Å². The molecule has 2 aromatic carbocycles. The van der Waals surface area contributed by atoms with E-state index in [1.807, 2.05) is 41.5 Å². The summed E-state index contributed by atoms with van der Waals surface area (Å²) in [5.41, 5.74) is -0.731. The fraction of sp³-hybridized carbons (Fsp3) is 0.355. The number of ether oxygens (including phenoxy) is 3. The van der Waals surface area contributed by atoms with Crippen LogP contribution in [-0.4, -0.2) is 46.1 Å². The second kappa shape index (κ2) is 10.6. The summed E-state index contributed by atoms with van der Waals surface area (Å²) < 4.78 is 48.8. The number of rotatable bonds is 6. The van der Waals surface area contributed by atoms with Crippen LogP contribution >= 0.6 is 0 Å². The van der Waals surface area contributed by atoms with Gasteiger partial charge in [-0.1, -0.05) is 12.1 Å². The highest BCUT2D eigenvalue weighted by atomic mass is 19.3. The molecule has 0 atom stereocenters. The fourth-order valence-electron chi connectivity index (χ4n) is 4.47. The molecule has 1 N–H and O–H groups in total. The zero-order valence-electron chi connectivity index (χ0n) is 25.3. The summed E-state index contributed by atoms with van der Waals surface area (Å²) in [6, 6.07) is 12.2. The Balaban J connectivity index is 1.55. The van der Waals surface area contributed by atoms with E-state index in [4.69, 9.17) is 9.15 Å². The second-order valence-electron chi connectivity index (χ2n) is 12.4. The lowest BCUT2D eigenvalue weighted by molar-refractivity contribution is -0.286. The highest BCUT2D eigenvalue weighted by Gasteiger charge is 2.43. The van der Waals surface area contributed by atoms with Gasteiger partial charge in [0.05, 0.1) is 5.39 Å². The van der Waals surface area contributed by atoms with Gasteiger partial charge >= 0.3 is 6.29 Å². The van der Waals surface area contributed by atoms with Crippen molar-refractivity contribution in [2.45, 2.75) is 65.5 Å². The van der Waals surface area contributed by atoms with E-state index < -0.39 is 41.4 Å². The first-order valence-electron chi connectivity index (χ1n) is 13.7. The average Bonchev–Trinajstić information content (AvgIpc) is 3.48. The molecule has 3 heterocycles. The van der Waals surface area contributed by atoms with Crippen molar-refractivity contribution in [1.82, 2.24) is 15.1 Å². The lowest BCUT2D eigenvalue weighted by atomic mass is 10.1. The van der Waals surface area contributed by atoms with Gasteiger partial charge in [0, 0.05) is 36.0 Å². The minimum Gasteiger partial charge on any atom is -0.488 e. The highest BCUT2D eigenvalue weighted by molar-refractivity contribution is 5.99. The van der Waals surface area contributed by atoms with Gasteiger partial charge in [0.15, 0.2) is 22.8 Å². The molecule has 11 nitrogen and oxygen atoms in total. The lowest BCUT2D eigenvalue weighted by Gasteiger charge is -2.21. The fourth-order valence-corrected chi connectivity index (χ4v) is 4.47. The van der Waals surface area contributed by atoms with E-state index in [1.165, 1.54) is 36.2 Å². The summed E-state index contributed by atoms with van der Waals surface area (Å²) >= 11 is 0. The van der Waals surface area contributed by atoms with Crippen LogP contribution in [0.3, 0.4) is 0 Å². The Labute approximate surface area is 251 Å². The van der Waals surface area contributed by atoms with Crippen LogP contribution in [-0.2, 0) is 11.3 Å². The summed E-state index contributed by atoms with van der Waals surface area (Å²) in [6.45, 7) is 10.6. The largest absolute Gasteiger partial charge is 0.586 e. The predicted octanol–water partition coefficient (Wildman–Crippen LogP) is 5.35. The maximum Gasteiger partial charge on any atom is 0.586 e. The van der Waals surface area contributed by atoms with Crippen molar-refractivity contribution in [3.05, 3.63) is 64.6 Å². The molecule has 232 valence electrons. The molecule has 0 bridgehead atoms. The molecule has 0 radical (unpaired) electrons. The number of anilines is 1. The van der Waals surface area contributed by atoms with Gasteiger partial charge in [0.2, 0.25) is 5.91 Å². The smallest absolute Gasteiger partial charge is 0.488 e. The van der Waals surface area contributed by atoms with Gasteiger partial charge in [0.25, 0.3) is 11.5 Å². The van der Waals surface area contributed by atoms with Gasteiger partial charge in [-0.3, -0.25) is 14.4 Å². The Morgan fingerprint density at radius 3 is 2.41 bits per heavy atom. The van der Waals surface area contributed by atoms with Crippen molar-refractivity contribution >= 4 is 28.5 Å². The van der Waals surface area contributed by atoms with Crippen LogP contribution < -0.4 is 30.0 Å². The zero-order chi connectivity index (χ0) is 32.2. The number of carbonyl (C=O) groups is 2. The molecule has 4 aromatic rings. The first kappa shape index (κ1) is 30.5. The minimum atomic E-state index is -3.81. The van der Waals surface area contributed by atoms with Crippen LogP contribution in [0.25, 0.3) is 22.2 Å². The summed E-state index contributed by atoms with van der Waals surface area (Å²) in [4.78, 5) is 41.1. The van der Waals surface area contributed by atoms with Crippen LogP contribution in [0.1, 0.15) is 52.1 Å². The van der Waals surface area contributed by atoms with E-state index in [0.717, 1.165) is 4.68 Å². The van der Waals surface area contributed by atoms with Gasteiger partial charge in [0.1, 0.15) is 23.6 Å². The summed E-state index contributed by atoms with van der Waals surface area (Å²) in [7, 11) is 1.42. The topological polar surface area (TPSA) is 125 Å². The van der Waals surface area contributed by atoms with E-state index in [0.29, 0.717) is 11.3 Å². The van der Waals surface area contributed by atoms with Gasteiger partial charge in [-0.05, 0) is 65.8 Å². The Morgan fingerprint density at radius 1 is 1.02 bits per heavy atom. The van der Waals surface area contributed by atoms with Gasteiger partial charge in [-0.15, -0.1) is 8.78 Å². The Bertz CT molecular complexity index is 1830. The molecule has 0 saturated carbocycles. The number of aromatic nitrogens is 2. The van der Waals surface area contributed by atoms with Crippen LogP contribution in [0.4, 0.5) is 14.5 Å². The Hall–Kier alpha value is -4.94. The van der Waals surface area contributed by atoms with Crippen molar-refractivity contribution < 1.29 is 37.0 Å². The number of alkyl halides is 2. The summed E-state index contributed by atoms with van der Waals surface area (Å²) in [5.74, 6) is -1.09. The molecular formula is C31H32F2N4O7. The van der Waals surface area contributed by atoms with Crippen LogP contribution in [0.5, 0.6) is 17.2 Å². The number of carbonyl (C=O) groups excluding carboxylic acids is 2. The standard InChI is InChI=1S/C31H32F2N4O7/c1-29(2,3)34-27(39)23-15-20-26(41-23)25(17-9-8-10-19(13-17)42-30(4,5)6)35-37(28(20)40)16-24(38)36(7)18-11-12-21-22(14-18)44-31(32,33)43-21/h8-15H,16H2,1-7H3,(H,34,39). The molecule has 0 saturated heterocycles. The third-order valence-electron chi connectivity index (χ3n) is 6.31. The van der Waals surface area contributed by atoms with E-state index >= 15 is 0 Å². The SMILES string of the molecule is CN(C(=O)Cn1nc(-c2cccc(OC(C)(C)C)c2)c2oc(C(=O)NC(C)(C)C)cc2c1=O)c1ccc2c(c1)OC(F)(F)O2. The van der Waals surface area contributed by atoms with E-state index in [1.54, 1.807) is 24.3 Å². The highest BCUT2D eigenvalue weighted by Crippen LogP contribution is 2.42. The Morgan fingerprint density at radius 2 is 1.73 bits per heavy atom. The first-order chi connectivity index (χ1) is 20.4. The minimum absolute atomic E-state index is 0.0389. The summed E-state index contributed by atoms with van der Waals surface area (Å²) in [5, 5.41) is 7.32. The molecule has 44 heavy (non-hydrogen) atoms. The van der Waals surface area contributed by atoms with Crippen LogP contribution in [0.15, 0.2) is 57.7 Å². The molecule has 5 rings (SSSR count). The molecule has 1 aliphatic rings. The first-order valence-corrected chi connectivity index (χ1v) is 13.7. The van der Waals surface area contributed by atoms with Gasteiger partial charge < -0.3 is 28.8 Å². The van der Waals surface area contributed by atoms with Crippen molar-refractivity contribution in [2.75, 3.05) is 11.9 Å². The molecule has 2 amide bonds. The molecule has 0 spiro atoms. The number of benzene rings is 2. The van der Waals surface area contributed by atoms with E-state index in [-0.39, 0.29) is 39.6 Å². The third kappa shape index (κ3) is 6.51. The number of nitrogens with one attached hydrogen (secondary N) is 1. The summed E-state index contributed by atoms with van der Waals surface area (Å²) in [6.07, 6.45) is -3.81. The van der Waals surface area contributed by atoms with Crippen molar-refractivity contribution in [3.63, 3.8) is 0 Å². The zero-order valence-corrected chi connectivity index (χ0v) is 25.3. The molecule has 0 aliphatic carbocycles. The van der Waals surface area contributed by atoms with Crippen LogP contribution in [0, 0.1) is 0 Å². The maximum atomic E-state index is 13.6. The van der Waals surface area contributed by atoms with E-state index in [2.05, 4.69) is 19.9 Å². The van der Waals surface area contributed by atoms with E-state index in [9.17, 15) is 23.2 Å². The number of fused-ring (bicyclic) bond motifs is 2. The number of hydrogen-bond acceptors (Lipinski definition) is 8. The number of nitrogens with zero attached hydrogens (tertiary/aromatic N) is 3. The van der Waals surface area contributed by atoms with Crippen molar-refractivity contribution in [3.8, 4) is 28.5 Å². The molecule has 0 fully saturated rings. The maximum absolute atomic E-state index is 13.6. The van der Waals surface area contributed by atoms with Crippen molar-refractivity contribution in [1.29, 1.82) is 0 Å². The van der Waals surface area contributed by atoms with Crippen molar-refractivity contribution in [2.24, 2.45) is 0 Å². The normalized spacial score (nSPS) is 14.0. The molecule has 2 aromatic heterocycles. The number of likely N-dealkylation sites (N-methyl/N-ethyl adjacent to an activating group) is 1.